The van der Waals surface area contributed by atoms with E-state index in [0.29, 0.717) is 34.8 Å². The molecule has 9 heteroatoms. The molecule has 0 aromatic carbocycles. The van der Waals surface area contributed by atoms with Crippen molar-refractivity contribution in [3.8, 4) is 5.95 Å². The Balaban J connectivity index is 1.26. The maximum atomic E-state index is 13.2. The molecule has 1 N–H and O–H groups in total. The van der Waals surface area contributed by atoms with E-state index >= 15 is 0 Å². The van der Waals surface area contributed by atoms with Gasteiger partial charge in [0, 0.05) is 37.4 Å². The van der Waals surface area contributed by atoms with Crippen LogP contribution >= 0.6 is 0 Å². The van der Waals surface area contributed by atoms with Gasteiger partial charge in [0.25, 0.3) is 11.5 Å². The first-order chi connectivity index (χ1) is 14.1. The summed E-state index contributed by atoms with van der Waals surface area (Å²) in [4.78, 5) is 32.8. The van der Waals surface area contributed by atoms with Gasteiger partial charge in [-0.25, -0.2) is 9.20 Å². The zero-order valence-electron chi connectivity index (χ0n) is 16.3. The first-order valence-electron chi connectivity index (χ1n) is 10.3. The molecule has 150 valence electrons. The van der Waals surface area contributed by atoms with Crippen molar-refractivity contribution in [1.29, 1.82) is 0 Å². The normalized spacial score (nSPS) is 24.5. The maximum Gasteiger partial charge on any atom is 0.276 e. The van der Waals surface area contributed by atoms with Gasteiger partial charge in [0.15, 0.2) is 0 Å². The minimum atomic E-state index is -0.241. The number of aromatic nitrogens is 5. The average Bonchev–Trinajstić information content (AvgIpc) is 3.30. The van der Waals surface area contributed by atoms with Crippen molar-refractivity contribution in [3.63, 3.8) is 0 Å². The van der Waals surface area contributed by atoms with Crippen LogP contribution in [0.4, 0.5) is 0 Å². The van der Waals surface area contributed by atoms with Crippen LogP contribution in [0.25, 0.3) is 11.5 Å². The molecule has 7 rings (SSSR count). The molecule has 2 atom stereocenters. The summed E-state index contributed by atoms with van der Waals surface area (Å²) in [5.74, 6) is 0.314. The van der Waals surface area contributed by atoms with Crippen LogP contribution in [-0.4, -0.2) is 71.3 Å². The minimum absolute atomic E-state index is 0.0149. The number of piperidine rings is 1. The summed E-state index contributed by atoms with van der Waals surface area (Å²) >= 11 is 0. The highest BCUT2D eigenvalue weighted by atomic mass is 16.2. The van der Waals surface area contributed by atoms with E-state index in [-0.39, 0.29) is 11.5 Å². The lowest BCUT2D eigenvalue weighted by Crippen LogP contribution is -2.72. The summed E-state index contributed by atoms with van der Waals surface area (Å²) in [6, 6.07) is 5.22. The Labute approximate surface area is 166 Å². The molecule has 4 fully saturated rings. The van der Waals surface area contributed by atoms with Crippen LogP contribution in [0.5, 0.6) is 0 Å². The van der Waals surface area contributed by atoms with Crippen LogP contribution in [0.1, 0.15) is 41.7 Å². The van der Waals surface area contributed by atoms with Gasteiger partial charge >= 0.3 is 0 Å². The molecule has 0 spiro atoms. The van der Waals surface area contributed by atoms with Gasteiger partial charge in [-0.05, 0) is 38.3 Å². The van der Waals surface area contributed by atoms with Gasteiger partial charge in [-0.1, -0.05) is 6.42 Å². The summed E-state index contributed by atoms with van der Waals surface area (Å²) in [5.41, 5.74) is 1.48. The topological polar surface area (TPSA) is 91.5 Å². The molecule has 0 radical (unpaired) electrons. The van der Waals surface area contributed by atoms with Gasteiger partial charge in [-0.3, -0.25) is 19.5 Å². The molecule has 1 saturated carbocycles. The third kappa shape index (κ3) is 2.43. The second-order valence-electron chi connectivity index (χ2n) is 8.46. The summed E-state index contributed by atoms with van der Waals surface area (Å²) in [6.07, 6.45) is 8.47. The van der Waals surface area contributed by atoms with Gasteiger partial charge in [-0.2, -0.15) is 5.10 Å². The highest BCUT2D eigenvalue weighted by molar-refractivity contribution is 5.95. The number of rotatable bonds is 3. The van der Waals surface area contributed by atoms with Crippen LogP contribution < -0.4 is 5.56 Å². The van der Waals surface area contributed by atoms with Crippen molar-refractivity contribution in [2.75, 3.05) is 13.1 Å². The van der Waals surface area contributed by atoms with E-state index in [1.54, 1.807) is 24.5 Å². The molecule has 2 bridgehead atoms. The molecule has 4 aliphatic rings. The zero-order valence-corrected chi connectivity index (χ0v) is 16.3. The zero-order chi connectivity index (χ0) is 19.7. The quantitative estimate of drug-likeness (QED) is 0.716. The van der Waals surface area contributed by atoms with Gasteiger partial charge in [0.1, 0.15) is 5.52 Å². The highest BCUT2D eigenvalue weighted by Gasteiger charge is 2.49. The standard InChI is InChI=1S/C20H23N7O2/c1-12-16(9-21-27(12)20-22-18(28)17-6-3-7-25(17)23-20)19(29)24-10-14-8-15(11-24)26(14)13-4-2-5-13/h3,6-7,9,13-15H,2,4-5,8,10-11H2,1H3,(H,22,23,28). The van der Waals surface area contributed by atoms with Crippen LogP contribution in [0.2, 0.25) is 0 Å². The third-order valence-corrected chi connectivity index (χ3v) is 6.86. The second-order valence-corrected chi connectivity index (χ2v) is 8.46. The monoisotopic (exact) mass is 393 g/mol. The van der Waals surface area contributed by atoms with E-state index in [1.807, 2.05) is 11.8 Å². The fraction of sp³-hybridized carbons (Fsp3) is 0.500. The summed E-state index contributed by atoms with van der Waals surface area (Å²) < 4.78 is 3.05. The Morgan fingerprint density at radius 2 is 2.00 bits per heavy atom. The van der Waals surface area contributed by atoms with Crippen LogP contribution in [-0.2, 0) is 0 Å². The molecular formula is C20H23N7O2. The molecule has 6 heterocycles. The van der Waals surface area contributed by atoms with E-state index in [1.165, 1.54) is 34.9 Å². The predicted molar refractivity (Wildman–Crippen MR) is 105 cm³/mol. The maximum absolute atomic E-state index is 13.2. The highest BCUT2D eigenvalue weighted by Crippen LogP contribution is 2.40. The Hall–Kier alpha value is -2.94. The first kappa shape index (κ1) is 17.0. The predicted octanol–water partition coefficient (Wildman–Crippen LogP) is 0.968. The number of amides is 1. The molecule has 3 aliphatic heterocycles. The molecule has 1 aliphatic carbocycles. The van der Waals surface area contributed by atoms with E-state index in [9.17, 15) is 9.59 Å². The third-order valence-electron chi connectivity index (χ3n) is 6.86. The Morgan fingerprint density at radius 1 is 1.21 bits per heavy atom. The molecule has 3 aromatic rings. The minimum Gasteiger partial charge on any atom is -0.335 e. The summed E-state index contributed by atoms with van der Waals surface area (Å²) in [7, 11) is 0. The van der Waals surface area contributed by atoms with Crippen molar-refractivity contribution in [2.45, 2.75) is 50.7 Å². The Morgan fingerprint density at radius 3 is 2.72 bits per heavy atom. The van der Waals surface area contributed by atoms with Gasteiger partial charge < -0.3 is 4.90 Å². The Kier molecular flexibility index (Phi) is 3.53. The average molecular weight is 393 g/mol. The van der Waals surface area contributed by atoms with Gasteiger partial charge in [0.2, 0.25) is 5.95 Å². The number of nitrogens with one attached hydrogen (secondary N) is 1. The summed E-state index contributed by atoms with van der Waals surface area (Å²) in [5, 5.41) is 8.75. The lowest BCUT2D eigenvalue weighted by molar-refractivity contribution is -0.103. The Bertz CT molecular complexity index is 1160. The first-order valence-corrected chi connectivity index (χ1v) is 10.3. The number of carbonyl (C=O) groups is 1. The SMILES string of the molecule is Cc1c(C(=O)N2CC3CC(C2)N3C2CCC2)cnn1-c1nn2cccc2c(=O)[nH]1. The van der Waals surface area contributed by atoms with Gasteiger partial charge in [-0.15, -0.1) is 5.10 Å². The molecule has 3 aromatic heterocycles. The van der Waals surface area contributed by atoms with Crippen LogP contribution in [0, 0.1) is 6.92 Å². The number of H-pyrrole nitrogens is 1. The number of carbonyl (C=O) groups excluding carboxylic acids is 1. The smallest absolute Gasteiger partial charge is 0.276 e. The number of aromatic amines is 1. The molecular weight excluding hydrogens is 370 g/mol. The van der Waals surface area contributed by atoms with Gasteiger partial charge in [0.05, 0.1) is 17.5 Å². The number of hydrogen-bond acceptors (Lipinski definition) is 5. The van der Waals surface area contributed by atoms with Crippen LogP contribution in [0.15, 0.2) is 29.3 Å². The molecule has 2 unspecified atom stereocenters. The molecule has 9 nitrogen and oxygen atoms in total. The van der Waals surface area contributed by atoms with E-state index < -0.39 is 0 Å². The van der Waals surface area contributed by atoms with E-state index in [4.69, 9.17) is 0 Å². The van der Waals surface area contributed by atoms with Crippen molar-refractivity contribution < 1.29 is 4.79 Å². The fourth-order valence-electron chi connectivity index (χ4n) is 5.12. The van der Waals surface area contributed by atoms with Crippen molar-refractivity contribution in [2.24, 2.45) is 0 Å². The number of fused-ring (bicyclic) bond motifs is 3. The fourth-order valence-corrected chi connectivity index (χ4v) is 5.12. The second kappa shape index (κ2) is 6.03. The van der Waals surface area contributed by atoms with Crippen molar-refractivity contribution in [3.05, 3.63) is 46.1 Å². The van der Waals surface area contributed by atoms with Crippen molar-refractivity contribution in [1.82, 2.24) is 34.2 Å². The lowest BCUT2D eigenvalue weighted by Gasteiger charge is -2.61. The van der Waals surface area contributed by atoms with E-state index in [0.717, 1.165) is 19.1 Å². The molecule has 1 amide bonds. The number of piperazine rings is 1. The summed E-state index contributed by atoms with van der Waals surface area (Å²) in [6.45, 7) is 3.42. The lowest BCUT2D eigenvalue weighted by atomic mass is 9.79. The largest absolute Gasteiger partial charge is 0.335 e. The molecule has 3 saturated heterocycles. The van der Waals surface area contributed by atoms with E-state index in [2.05, 4.69) is 20.1 Å². The molecule has 29 heavy (non-hydrogen) atoms. The number of hydrogen-bond donors (Lipinski definition) is 1. The van der Waals surface area contributed by atoms with Crippen molar-refractivity contribution >= 4 is 11.4 Å². The number of nitrogens with zero attached hydrogens (tertiary/aromatic N) is 6. The van der Waals surface area contributed by atoms with Crippen LogP contribution in [0.3, 0.4) is 0 Å².